The molecular weight excluding hydrogens is 258 g/mol. The predicted molar refractivity (Wildman–Crippen MR) is 74.5 cm³/mol. The number of nitrogens with zero attached hydrogens (tertiary/aromatic N) is 2. The number of benzene rings is 1. The third-order valence-electron chi connectivity index (χ3n) is 2.84. The van der Waals surface area contributed by atoms with Crippen molar-refractivity contribution >= 4 is 11.6 Å². The number of anilines is 1. The Balaban J connectivity index is 2.19. The standard InChI is InChI=1S/C14H13N3O3/c1-9(17-20)12-3-2-10(8-13(12)18)14(19)16-11-4-6-15-7-5-11/h2-9,18H,1H3,(H,15,16,19). The van der Waals surface area contributed by atoms with Gasteiger partial charge in [-0.15, -0.1) is 0 Å². The van der Waals surface area contributed by atoms with Gasteiger partial charge in [-0.25, -0.2) is 0 Å². The number of hydrogen-bond acceptors (Lipinski definition) is 5. The maximum Gasteiger partial charge on any atom is 0.255 e. The summed E-state index contributed by atoms with van der Waals surface area (Å²) in [6.45, 7) is 1.57. The predicted octanol–water partition coefficient (Wildman–Crippen LogP) is 2.87. The number of pyridine rings is 1. The highest BCUT2D eigenvalue weighted by molar-refractivity contribution is 6.04. The quantitative estimate of drug-likeness (QED) is 0.836. The third kappa shape index (κ3) is 2.97. The van der Waals surface area contributed by atoms with Crippen LogP contribution in [0, 0.1) is 4.91 Å². The molecule has 0 fully saturated rings. The summed E-state index contributed by atoms with van der Waals surface area (Å²) in [6.07, 6.45) is 3.13. The lowest BCUT2D eigenvalue weighted by Crippen LogP contribution is -2.12. The van der Waals surface area contributed by atoms with Gasteiger partial charge in [0.2, 0.25) is 0 Å². The van der Waals surface area contributed by atoms with Gasteiger partial charge in [-0.3, -0.25) is 9.78 Å². The summed E-state index contributed by atoms with van der Waals surface area (Å²) in [7, 11) is 0. The van der Waals surface area contributed by atoms with Crippen molar-refractivity contribution < 1.29 is 9.90 Å². The Morgan fingerprint density at radius 2 is 2.00 bits per heavy atom. The van der Waals surface area contributed by atoms with E-state index < -0.39 is 6.04 Å². The number of phenolic OH excluding ortho intramolecular Hbond substituents is 1. The van der Waals surface area contributed by atoms with E-state index in [1.54, 1.807) is 31.5 Å². The summed E-state index contributed by atoms with van der Waals surface area (Å²) in [4.78, 5) is 26.3. The molecule has 2 N–H and O–H groups in total. The van der Waals surface area contributed by atoms with E-state index in [4.69, 9.17) is 0 Å². The highest BCUT2D eigenvalue weighted by atomic mass is 16.3. The molecule has 6 heteroatoms. The van der Waals surface area contributed by atoms with Crippen molar-refractivity contribution in [1.82, 2.24) is 4.98 Å². The Labute approximate surface area is 115 Å². The molecule has 1 unspecified atom stereocenters. The number of nitroso groups, excluding NO2 is 1. The van der Waals surface area contributed by atoms with Crippen LogP contribution in [0.4, 0.5) is 5.69 Å². The molecule has 1 amide bonds. The Hall–Kier alpha value is -2.76. The van der Waals surface area contributed by atoms with Gasteiger partial charge in [-0.2, -0.15) is 4.91 Å². The number of hydrogen-bond donors (Lipinski definition) is 2. The zero-order valence-electron chi connectivity index (χ0n) is 10.8. The topological polar surface area (TPSA) is 91.7 Å². The first-order valence-electron chi connectivity index (χ1n) is 5.98. The van der Waals surface area contributed by atoms with E-state index in [9.17, 15) is 14.8 Å². The summed E-state index contributed by atoms with van der Waals surface area (Å²) < 4.78 is 0. The SMILES string of the molecule is CC(N=O)c1ccc(C(=O)Nc2ccncc2)cc1O. The normalized spacial score (nSPS) is 11.7. The first-order chi connectivity index (χ1) is 9.61. The van der Waals surface area contributed by atoms with Crippen molar-refractivity contribution in [1.29, 1.82) is 0 Å². The van der Waals surface area contributed by atoms with Crippen molar-refractivity contribution in [2.75, 3.05) is 5.32 Å². The number of aromatic hydroxyl groups is 1. The molecule has 1 aromatic carbocycles. The molecule has 0 aliphatic heterocycles. The van der Waals surface area contributed by atoms with Crippen LogP contribution in [0.5, 0.6) is 5.75 Å². The molecule has 0 aliphatic rings. The molecule has 102 valence electrons. The fourth-order valence-electron chi connectivity index (χ4n) is 1.73. The number of carbonyl (C=O) groups is 1. The van der Waals surface area contributed by atoms with Crippen LogP contribution in [0.3, 0.4) is 0 Å². The maximum atomic E-state index is 12.0. The summed E-state index contributed by atoms with van der Waals surface area (Å²) >= 11 is 0. The van der Waals surface area contributed by atoms with Gasteiger partial charge < -0.3 is 10.4 Å². The second kappa shape index (κ2) is 5.92. The van der Waals surface area contributed by atoms with E-state index in [1.165, 1.54) is 18.2 Å². The molecule has 0 spiro atoms. The van der Waals surface area contributed by atoms with E-state index in [-0.39, 0.29) is 11.7 Å². The Bertz CT molecular complexity index is 629. The molecular formula is C14H13N3O3. The van der Waals surface area contributed by atoms with Crippen molar-refractivity contribution in [3.8, 4) is 5.75 Å². The van der Waals surface area contributed by atoms with Crippen LogP contribution < -0.4 is 5.32 Å². The molecule has 0 saturated heterocycles. The number of nitrogens with one attached hydrogen (secondary N) is 1. The zero-order valence-corrected chi connectivity index (χ0v) is 10.8. The second-order valence-electron chi connectivity index (χ2n) is 4.24. The summed E-state index contributed by atoms with van der Waals surface area (Å²) in [6, 6.07) is 7.02. The minimum atomic E-state index is -0.660. The summed E-state index contributed by atoms with van der Waals surface area (Å²) in [5.41, 5.74) is 1.29. The van der Waals surface area contributed by atoms with Gasteiger partial charge in [0.1, 0.15) is 11.8 Å². The highest BCUT2D eigenvalue weighted by Crippen LogP contribution is 2.27. The van der Waals surface area contributed by atoms with Crippen molar-refractivity contribution in [3.05, 3.63) is 58.8 Å². The van der Waals surface area contributed by atoms with Gasteiger partial charge in [0.25, 0.3) is 5.91 Å². The van der Waals surface area contributed by atoms with Gasteiger partial charge in [0, 0.05) is 29.2 Å². The molecule has 0 bridgehead atoms. The molecule has 1 heterocycles. The average molecular weight is 271 g/mol. The lowest BCUT2D eigenvalue weighted by Gasteiger charge is -2.09. The molecule has 1 atom stereocenters. The average Bonchev–Trinajstić information content (AvgIpc) is 2.47. The van der Waals surface area contributed by atoms with E-state index in [1.807, 2.05) is 0 Å². The van der Waals surface area contributed by atoms with Crippen LogP contribution in [0.15, 0.2) is 47.9 Å². The first-order valence-corrected chi connectivity index (χ1v) is 5.98. The Morgan fingerprint density at radius 1 is 1.30 bits per heavy atom. The van der Waals surface area contributed by atoms with Crippen LogP contribution in [0.2, 0.25) is 0 Å². The smallest absolute Gasteiger partial charge is 0.255 e. The molecule has 0 aliphatic carbocycles. The first kappa shape index (κ1) is 13.7. The van der Waals surface area contributed by atoms with Crippen LogP contribution in [0.1, 0.15) is 28.9 Å². The number of carbonyl (C=O) groups excluding carboxylic acids is 1. The van der Waals surface area contributed by atoms with Crippen molar-refractivity contribution in [3.63, 3.8) is 0 Å². The molecule has 0 saturated carbocycles. The van der Waals surface area contributed by atoms with E-state index >= 15 is 0 Å². The number of aromatic nitrogens is 1. The van der Waals surface area contributed by atoms with E-state index in [2.05, 4.69) is 15.5 Å². The van der Waals surface area contributed by atoms with Gasteiger partial charge in [0.15, 0.2) is 0 Å². The summed E-state index contributed by atoms with van der Waals surface area (Å²) in [5.74, 6) is -0.482. The lowest BCUT2D eigenvalue weighted by molar-refractivity contribution is 0.102. The Kier molecular flexibility index (Phi) is 4.05. The Morgan fingerprint density at radius 3 is 2.60 bits per heavy atom. The van der Waals surface area contributed by atoms with Gasteiger partial charge in [-0.05, 0) is 31.2 Å². The van der Waals surface area contributed by atoms with Gasteiger partial charge >= 0.3 is 0 Å². The largest absolute Gasteiger partial charge is 0.508 e. The molecule has 2 aromatic rings. The molecule has 20 heavy (non-hydrogen) atoms. The number of phenols is 1. The lowest BCUT2D eigenvalue weighted by atomic mass is 10.0. The molecule has 1 aromatic heterocycles. The van der Waals surface area contributed by atoms with Crippen LogP contribution in [-0.2, 0) is 0 Å². The zero-order chi connectivity index (χ0) is 14.5. The van der Waals surface area contributed by atoms with Gasteiger partial charge in [-0.1, -0.05) is 11.2 Å². The maximum absolute atomic E-state index is 12.0. The van der Waals surface area contributed by atoms with E-state index in [0.29, 0.717) is 16.8 Å². The fourth-order valence-corrected chi connectivity index (χ4v) is 1.73. The number of rotatable bonds is 4. The number of amides is 1. The molecule has 2 rings (SSSR count). The monoisotopic (exact) mass is 271 g/mol. The van der Waals surface area contributed by atoms with Crippen LogP contribution in [-0.4, -0.2) is 16.0 Å². The fraction of sp³-hybridized carbons (Fsp3) is 0.143. The minimum absolute atomic E-state index is 0.125. The molecule has 0 radical (unpaired) electrons. The van der Waals surface area contributed by atoms with Crippen LogP contribution >= 0.6 is 0 Å². The van der Waals surface area contributed by atoms with Gasteiger partial charge in [0.05, 0.1) is 0 Å². The summed E-state index contributed by atoms with van der Waals surface area (Å²) in [5, 5.41) is 15.3. The van der Waals surface area contributed by atoms with Crippen molar-refractivity contribution in [2.45, 2.75) is 13.0 Å². The molecule has 6 nitrogen and oxygen atoms in total. The second-order valence-corrected chi connectivity index (χ2v) is 4.24. The highest BCUT2D eigenvalue weighted by Gasteiger charge is 2.14. The van der Waals surface area contributed by atoms with Crippen molar-refractivity contribution in [2.24, 2.45) is 5.18 Å². The third-order valence-corrected chi connectivity index (χ3v) is 2.84. The van der Waals surface area contributed by atoms with E-state index in [0.717, 1.165) is 0 Å². The minimum Gasteiger partial charge on any atom is -0.508 e. The van der Waals surface area contributed by atoms with Crippen LogP contribution in [0.25, 0.3) is 0 Å².